The molecule has 0 N–H and O–H groups in total. The van der Waals surface area contributed by atoms with Gasteiger partial charge in [0, 0.05) is 0 Å². The van der Waals surface area contributed by atoms with Crippen LogP contribution in [0.4, 0.5) is 13.2 Å². The summed E-state index contributed by atoms with van der Waals surface area (Å²) in [5.74, 6) is 0.272. The molecule has 0 atom stereocenters. The van der Waals surface area contributed by atoms with Crippen molar-refractivity contribution in [1.82, 2.24) is 0 Å². The highest BCUT2D eigenvalue weighted by molar-refractivity contribution is 5.72. The van der Waals surface area contributed by atoms with Crippen LogP contribution in [0.3, 0.4) is 0 Å². The fraction of sp³-hybridized carbons (Fsp3) is 0.409. The minimum atomic E-state index is -4.39. The maximum Gasteiger partial charge on any atom is 0.416 e. The lowest BCUT2D eigenvalue weighted by Gasteiger charge is -2.41. The Morgan fingerprint density at radius 2 is 1.83 bits per heavy atom. The highest BCUT2D eigenvalue weighted by Gasteiger charge is 2.42. The lowest BCUT2D eigenvalue weighted by atomic mass is 9.76. The van der Waals surface area contributed by atoms with Crippen LogP contribution >= 0.6 is 0 Å². The Balaban J connectivity index is 1.68. The SMILES string of the molecule is CCOC(=O)CC1(c2ccc(OCc3cc(C(F)(F)F)ccc3C)cc2)COC1. The number of alkyl halides is 3. The number of halogens is 3. The molecule has 0 spiro atoms. The quantitative estimate of drug-likeness (QED) is 0.617. The highest BCUT2D eigenvalue weighted by atomic mass is 19.4. The summed E-state index contributed by atoms with van der Waals surface area (Å²) in [5.41, 5.74) is 1.06. The van der Waals surface area contributed by atoms with E-state index < -0.39 is 17.2 Å². The van der Waals surface area contributed by atoms with Crippen molar-refractivity contribution in [3.8, 4) is 5.75 Å². The first-order chi connectivity index (χ1) is 13.7. The molecule has 0 aliphatic carbocycles. The third kappa shape index (κ3) is 4.90. The Morgan fingerprint density at radius 3 is 2.38 bits per heavy atom. The van der Waals surface area contributed by atoms with Gasteiger partial charge in [0.2, 0.25) is 0 Å². The Bertz CT molecular complexity index is 855. The molecular weight excluding hydrogens is 385 g/mol. The molecule has 1 fully saturated rings. The molecule has 1 saturated heterocycles. The minimum absolute atomic E-state index is 0.0339. The largest absolute Gasteiger partial charge is 0.489 e. The third-order valence-electron chi connectivity index (χ3n) is 5.08. The lowest BCUT2D eigenvalue weighted by molar-refractivity contribution is -0.151. The van der Waals surface area contributed by atoms with Gasteiger partial charge >= 0.3 is 12.1 Å². The number of ether oxygens (including phenoxy) is 3. The molecular formula is C22H23F3O4. The molecule has 1 heterocycles. The summed E-state index contributed by atoms with van der Waals surface area (Å²) in [7, 11) is 0. The molecule has 1 aliphatic heterocycles. The monoisotopic (exact) mass is 408 g/mol. The zero-order chi connectivity index (χ0) is 21.1. The first kappa shape index (κ1) is 21.2. The summed E-state index contributed by atoms with van der Waals surface area (Å²) in [4.78, 5) is 11.9. The van der Waals surface area contributed by atoms with Crippen LogP contribution in [-0.2, 0) is 32.5 Å². The average molecular weight is 408 g/mol. The van der Waals surface area contributed by atoms with Gasteiger partial charge in [-0.05, 0) is 54.8 Å². The van der Waals surface area contributed by atoms with Gasteiger partial charge in [0.1, 0.15) is 12.4 Å². The maximum atomic E-state index is 12.9. The summed E-state index contributed by atoms with van der Waals surface area (Å²) >= 11 is 0. The minimum Gasteiger partial charge on any atom is -0.489 e. The Morgan fingerprint density at radius 1 is 1.14 bits per heavy atom. The molecule has 4 nitrogen and oxygen atoms in total. The Hall–Kier alpha value is -2.54. The second kappa shape index (κ2) is 8.45. The van der Waals surface area contributed by atoms with E-state index in [1.807, 2.05) is 12.1 Å². The second-order valence-electron chi connectivity index (χ2n) is 7.21. The van der Waals surface area contributed by atoms with E-state index in [0.717, 1.165) is 23.3 Å². The molecule has 2 aromatic rings. The van der Waals surface area contributed by atoms with Crippen LogP contribution in [0.1, 0.15) is 35.6 Å². The van der Waals surface area contributed by atoms with Gasteiger partial charge in [-0.15, -0.1) is 0 Å². The summed E-state index contributed by atoms with van der Waals surface area (Å²) in [6.07, 6.45) is -4.15. The fourth-order valence-corrected chi connectivity index (χ4v) is 3.28. The molecule has 0 unspecified atom stereocenters. The number of esters is 1. The van der Waals surface area contributed by atoms with Crippen LogP contribution in [0, 0.1) is 6.92 Å². The van der Waals surface area contributed by atoms with E-state index in [4.69, 9.17) is 14.2 Å². The van der Waals surface area contributed by atoms with E-state index in [0.29, 0.717) is 31.1 Å². The number of carbonyl (C=O) groups excluding carboxylic acids is 1. The molecule has 0 amide bonds. The molecule has 156 valence electrons. The smallest absolute Gasteiger partial charge is 0.416 e. The summed E-state index contributed by atoms with van der Waals surface area (Å²) in [6, 6.07) is 10.8. The van der Waals surface area contributed by atoms with Crippen molar-refractivity contribution in [2.24, 2.45) is 0 Å². The van der Waals surface area contributed by atoms with Gasteiger partial charge in [0.25, 0.3) is 0 Å². The van der Waals surface area contributed by atoms with Crippen LogP contribution in [0.15, 0.2) is 42.5 Å². The van der Waals surface area contributed by atoms with Crippen LogP contribution in [0.5, 0.6) is 5.75 Å². The van der Waals surface area contributed by atoms with Gasteiger partial charge in [-0.2, -0.15) is 13.2 Å². The molecule has 0 saturated carbocycles. The van der Waals surface area contributed by atoms with E-state index in [2.05, 4.69) is 0 Å². The number of hydrogen-bond acceptors (Lipinski definition) is 4. The zero-order valence-electron chi connectivity index (χ0n) is 16.3. The standard InChI is InChI=1S/C22H23F3O4/c1-3-28-20(26)11-21(13-27-14-21)17-6-8-19(9-7-17)29-12-16-10-18(22(23,24)25)5-4-15(16)2/h4-10H,3,11-14H2,1-2H3. The molecule has 0 bridgehead atoms. The third-order valence-corrected chi connectivity index (χ3v) is 5.08. The van der Waals surface area contributed by atoms with Gasteiger partial charge in [-0.1, -0.05) is 18.2 Å². The molecule has 7 heteroatoms. The van der Waals surface area contributed by atoms with Crippen molar-refractivity contribution in [1.29, 1.82) is 0 Å². The zero-order valence-corrected chi connectivity index (χ0v) is 16.3. The Labute approximate surface area is 167 Å². The maximum absolute atomic E-state index is 12.9. The highest BCUT2D eigenvalue weighted by Crippen LogP contribution is 2.37. The summed E-state index contributed by atoms with van der Waals surface area (Å²) in [6.45, 7) is 4.76. The van der Waals surface area contributed by atoms with Gasteiger partial charge in [0.05, 0.1) is 37.2 Å². The van der Waals surface area contributed by atoms with E-state index in [9.17, 15) is 18.0 Å². The van der Waals surface area contributed by atoms with Gasteiger partial charge in [0.15, 0.2) is 0 Å². The van der Waals surface area contributed by atoms with Crippen molar-refractivity contribution in [3.63, 3.8) is 0 Å². The first-order valence-electron chi connectivity index (χ1n) is 9.37. The molecule has 29 heavy (non-hydrogen) atoms. The van der Waals surface area contributed by atoms with Crippen LogP contribution in [-0.4, -0.2) is 25.8 Å². The van der Waals surface area contributed by atoms with Crippen LogP contribution in [0.25, 0.3) is 0 Å². The number of carbonyl (C=O) groups is 1. The van der Waals surface area contributed by atoms with E-state index >= 15 is 0 Å². The lowest BCUT2D eigenvalue weighted by Crippen LogP contribution is -2.48. The number of benzene rings is 2. The van der Waals surface area contributed by atoms with Crippen molar-refractivity contribution < 1.29 is 32.2 Å². The van der Waals surface area contributed by atoms with E-state index in [1.165, 1.54) is 6.07 Å². The Kier molecular flexibility index (Phi) is 6.17. The van der Waals surface area contributed by atoms with Gasteiger partial charge in [-0.25, -0.2) is 0 Å². The van der Waals surface area contributed by atoms with Gasteiger partial charge < -0.3 is 14.2 Å². The molecule has 0 radical (unpaired) electrons. The fourth-order valence-electron chi connectivity index (χ4n) is 3.28. The predicted octanol–water partition coefficient (Wildman–Crippen LogP) is 4.81. The van der Waals surface area contributed by atoms with E-state index in [1.54, 1.807) is 26.0 Å². The van der Waals surface area contributed by atoms with Crippen LogP contribution in [0.2, 0.25) is 0 Å². The average Bonchev–Trinajstić information content (AvgIpc) is 2.64. The van der Waals surface area contributed by atoms with Crippen molar-refractivity contribution in [2.45, 2.75) is 38.5 Å². The van der Waals surface area contributed by atoms with Crippen molar-refractivity contribution >= 4 is 5.97 Å². The number of rotatable bonds is 7. The predicted molar refractivity (Wildman–Crippen MR) is 101 cm³/mol. The number of hydrogen-bond donors (Lipinski definition) is 0. The second-order valence-corrected chi connectivity index (χ2v) is 7.21. The van der Waals surface area contributed by atoms with E-state index in [-0.39, 0.29) is 19.0 Å². The van der Waals surface area contributed by atoms with Crippen molar-refractivity contribution in [2.75, 3.05) is 19.8 Å². The molecule has 2 aromatic carbocycles. The summed E-state index contributed by atoms with van der Waals surface area (Å²) in [5, 5.41) is 0. The normalized spacial score (nSPS) is 15.5. The van der Waals surface area contributed by atoms with Crippen molar-refractivity contribution in [3.05, 3.63) is 64.7 Å². The molecule has 1 aliphatic rings. The van der Waals surface area contributed by atoms with Crippen LogP contribution < -0.4 is 4.74 Å². The summed E-state index contributed by atoms with van der Waals surface area (Å²) < 4.78 is 54.8. The molecule has 3 rings (SSSR count). The number of aryl methyl sites for hydroxylation is 1. The topological polar surface area (TPSA) is 44.8 Å². The molecule has 0 aromatic heterocycles. The first-order valence-corrected chi connectivity index (χ1v) is 9.37. The van der Waals surface area contributed by atoms with Gasteiger partial charge in [-0.3, -0.25) is 4.79 Å².